The van der Waals surface area contributed by atoms with Gasteiger partial charge in [-0.05, 0) is 45.2 Å². The zero-order valence-electron chi connectivity index (χ0n) is 13.1. The molecule has 0 spiro atoms. The van der Waals surface area contributed by atoms with Gasteiger partial charge in [-0.15, -0.1) is 0 Å². The molecule has 1 atom stereocenters. The Balaban J connectivity index is 1.84. The number of pyridine rings is 1. The van der Waals surface area contributed by atoms with E-state index in [1.54, 1.807) is 0 Å². The van der Waals surface area contributed by atoms with E-state index in [-0.39, 0.29) is 5.60 Å². The van der Waals surface area contributed by atoms with E-state index < -0.39 is 0 Å². The van der Waals surface area contributed by atoms with Crippen LogP contribution in [-0.4, -0.2) is 37.8 Å². The second kappa shape index (κ2) is 6.55. The number of anilines is 1. The van der Waals surface area contributed by atoms with Crippen LogP contribution >= 0.6 is 0 Å². The fourth-order valence-electron chi connectivity index (χ4n) is 2.91. The Hall–Kier alpha value is -1.13. The highest BCUT2D eigenvalue weighted by Gasteiger charge is 2.28. The minimum atomic E-state index is 0.0354. The van der Waals surface area contributed by atoms with E-state index in [4.69, 9.17) is 4.74 Å². The zero-order chi connectivity index (χ0) is 14.6. The first kappa shape index (κ1) is 15.3. The van der Waals surface area contributed by atoms with Crippen molar-refractivity contribution in [1.29, 1.82) is 0 Å². The molecule has 0 radical (unpaired) electrons. The Morgan fingerprint density at radius 1 is 1.45 bits per heavy atom. The lowest BCUT2D eigenvalue weighted by Crippen LogP contribution is -2.38. The Kier molecular flexibility index (Phi) is 5.00. The molecule has 0 unspecified atom stereocenters. The standard InChI is InChI=1S/C16H27N3O/c1-16(2)10-13(7-9-20-16)11-17-12-14-6-5-8-18-15(14)19(3)4/h5-6,8,13,17H,7,9-12H2,1-4H3/t13-/m0/s1. The van der Waals surface area contributed by atoms with Crippen molar-refractivity contribution in [3.8, 4) is 0 Å². The second-order valence-electron chi connectivity index (χ2n) is 6.48. The maximum Gasteiger partial charge on any atom is 0.132 e. The molecule has 1 aromatic rings. The van der Waals surface area contributed by atoms with Gasteiger partial charge >= 0.3 is 0 Å². The molecule has 0 bridgehead atoms. The number of hydrogen-bond acceptors (Lipinski definition) is 4. The van der Waals surface area contributed by atoms with Crippen molar-refractivity contribution >= 4 is 5.82 Å². The van der Waals surface area contributed by atoms with E-state index >= 15 is 0 Å². The quantitative estimate of drug-likeness (QED) is 0.897. The lowest BCUT2D eigenvalue weighted by Gasteiger charge is -2.35. The summed E-state index contributed by atoms with van der Waals surface area (Å²) in [5.74, 6) is 1.76. The van der Waals surface area contributed by atoms with Crippen molar-refractivity contribution in [3.05, 3.63) is 23.9 Å². The van der Waals surface area contributed by atoms with Gasteiger partial charge in [0.25, 0.3) is 0 Å². The fraction of sp³-hybridized carbons (Fsp3) is 0.688. The molecule has 2 rings (SSSR count). The first-order valence-electron chi connectivity index (χ1n) is 7.44. The molecule has 0 saturated carbocycles. The maximum atomic E-state index is 5.77. The van der Waals surface area contributed by atoms with Crippen LogP contribution in [-0.2, 0) is 11.3 Å². The van der Waals surface area contributed by atoms with Crippen LogP contribution in [0.4, 0.5) is 5.82 Å². The van der Waals surface area contributed by atoms with Gasteiger partial charge < -0.3 is 15.0 Å². The number of rotatable bonds is 5. The Bertz CT molecular complexity index is 431. The van der Waals surface area contributed by atoms with Crippen LogP contribution in [0.2, 0.25) is 0 Å². The maximum absolute atomic E-state index is 5.77. The number of nitrogens with one attached hydrogen (secondary N) is 1. The predicted octanol–water partition coefficient (Wildman–Crippen LogP) is 2.44. The molecule has 0 aromatic carbocycles. The highest BCUT2D eigenvalue weighted by atomic mass is 16.5. The van der Waals surface area contributed by atoms with Crippen molar-refractivity contribution in [2.24, 2.45) is 5.92 Å². The largest absolute Gasteiger partial charge is 0.376 e. The summed E-state index contributed by atoms with van der Waals surface area (Å²) < 4.78 is 5.77. The highest BCUT2D eigenvalue weighted by Crippen LogP contribution is 2.28. The molecule has 1 fully saturated rings. The normalized spacial score (nSPS) is 21.7. The van der Waals surface area contributed by atoms with Gasteiger partial charge in [0.2, 0.25) is 0 Å². The molecule has 1 saturated heterocycles. The summed E-state index contributed by atoms with van der Waals surface area (Å²) in [4.78, 5) is 6.50. The van der Waals surface area contributed by atoms with Crippen molar-refractivity contribution < 1.29 is 4.74 Å². The van der Waals surface area contributed by atoms with Gasteiger partial charge in [-0.3, -0.25) is 0 Å². The third kappa shape index (κ3) is 4.18. The first-order valence-corrected chi connectivity index (χ1v) is 7.44. The smallest absolute Gasteiger partial charge is 0.132 e. The lowest BCUT2D eigenvalue weighted by molar-refractivity contribution is -0.0718. The molecule has 112 valence electrons. The summed E-state index contributed by atoms with van der Waals surface area (Å²) in [7, 11) is 4.07. The Morgan fingerprint density at radius 2 is 2.25 bits per heavy atom. The Morgan fingerprint density at radius 3 is 2.95 bits per heavy atom. The third-order valence-electron chi connectivity index (χ3n) is 3.84. The monoisotopic (exact) mass is 277 g/mol. The van der Waals surface area contributed by atoms with Crippen LogP contribution in [0, 0.1) is 5.92 Å². The summed E-state index contributed by atoms with van der Waals surface area (Å²) in [5, 5.41) is 3.58. The molecule has 1 aromatic heterocycles. The summed E-state index contributed by atoms with van der Waals surface area (Å²) in [5.41, 5.74) is 1.29. The van der Waals surface area contributed by atoms with E-state index in [1.165, 1.54) is 5.56 Å². The van der Waals surface area contributed by atoms with Gasteiger partial charge in [0.05, 0.1) is 5.60 Å². The van der Waals surface area contributed by atoms with Gasteiger partial charge in [-0.1, -0.05) is 6.07 Å². The molecule has 0 amide bonds. The van der Waals surface area contributed by atoms with Crippen LogP contribution in [0.15, 0.2) is 18.3 Å². The molecule has 4 heteroatoms. The molecule has 1 N–H and O–H groups in total. The molecule has 1 aliphatic heterocycles. The minimum absolute atomic E-state index is 0.0354. The highest BCUT2D eigenvalue weighted by molar-refractivity contribution is 5.44. The zero-order valence-corrected chi connectivity index (χ0v) is 13.1. The lowest BCUT2D eigenvalue weighted by atomic mass is 9.88. The van der Waals surface area contributed by atoms with Gasteiger partial charge in [0.1, 0.15) is 5.82 Å². The van der Waals surface area contributed by atoms with Crippen LogP contribution in [0.25, 0.3) is 0 Å². The van der Waals surface area contributed by atoms with E-state index in [1.807, 2.05) is 26.4 Å². The van der Waals surface area contributed by atoms with Crippen molar-refractivity contribution in [1.82, 2.24) is 10.3 Å². The van der Waals surface area contributed by atoms with Gasteiger partial charge in [0.15, 0.2) is 0 Å². The van der Waals surface area contributed by atoms with E-state index in [0.717, 1.165) is 38.4 Å². The molecule has 2 heterocycles. The number of aromatic nitrogens is 1. The minimum Gasteiger partial charge on any atom is -0.376 e. The van der Waals surface area contributed by atoms with Gasteiger partial charge in [-0.2, -0.15) is 0 Å². The summed E-state index contributed by atoms with van der Waals surface area (Å²) in [6, 6.07) is 4.14. The van der Waals surface area contributed by atoms with Gasteiger partial charge in [-0.25, -0.2) is 4.98 Å². The van der Waals surface area contributed by atoms with Gasteiger partial charge in [0, 0.05) is 39.0 Å². The average molecular weight is 277 g/mol. The molecule has 1 aliphatic rings. The first-order chi connectivity index (χ1) is 9.48. The van der Waals surface area contributed by atoms with Crippen molar-refractivity contribution in [3.63, 3.8) is 0 Å². The summed E-state index contributed by atoms with van der Waals surface area (Å²) in [6.07, 6.45) is 4.14. The molecular formula is C16H27N3O. The SMILES string of the molecule is CN(C)c1ncccc1CNC[C@H]1CCOC(C)(C)C1. The topological polar surface area (TPSA) is 37.4 Å². The van der Waals surface area contributed by atoms with E-state index in [0.29, 0.717) is 5.92 Å². The molecule has 4 nitrogen and oxygen atoms in total. The van der Waals surface area contributed by atoms with Crippen molar-refractivity contribution in [2.45, 2.75) is 38.8 Å². The molecule has 20 heavy (non-hydrogen) atoms. The van der Waals surface area contributed by atoms with Crippen molar-refractivity contribution in [2.75, 3.05) is 32.1 Å². The number of hydrogen-bond donors (Lipinski definition) is 1. The Labute approximate surface area is 122 Å². The van der Waals surface area contributed by atoms with Crippen LogP contribution < -0.4 is 10.2 Å². The van der Waals surface area contributed by atoms with Crippen LogP contribution in [0.5, 0.6) is 0 Å². The van der Waals surface area contributed by atoms with E-state index in [2.05, 4.69) is 35.1 Å². The predicted molar refractivity (Wildman–Crippen MR) is 83.0 cm³/mol. The number of ether oxygens (including phenoxy) is 1. The van der Waals surface area contributed by atoms with Crippen LogP contribution in [0.1, 0.15) is 32.3 Å². The van der Waals surface area contributed by atoms with Crippen LogP contribution in [0.3, 0.4) is 0 Å². The molecule has 0 aliphatic carbocycles. The van der Waals surface area contributed by atoms with E-state index in [9.17, 15) is 0 Å². The summed E-state index contributed by atoms with van der Waals surface area (Å²) in [6.45, 7) is 7.18. The molecular weight excluding hydrogens is 250 g/mol. The average Bonchev–Trinajstić information content (AvgIpc) is 2.38. The summed E-state index contributed by atoms with van der Waals surface area (Å²) >= 11 is 0. The number of nitrogens with zero attached hydrogens (tertiary/aromatic N) is 2. The fourth-order valence-corrected chi connectivity index (χ4v) is 2.91. The second-order valence-corrected chi connectivity index (χ2v) is 6.48. The third-order valence-corrected chi connectivity index (χ3v) is 3.84.